The molecule has 0 radical (unpaired) electrons. The van der Waals surface area contributed by atoms with E-state index in [0.717, 1.165) is 6.42 Å². The average molecular weight is 277 g/mol. The smallest absolute Gasteiger partial charge is 0.250 e. The minimum atomic E-state index is -0.741. The fourth-order valence-electron chi connectivity index (χ4n) is 2.04. The third-order valence-corrected chi connectivity index (χ3v) is 3.38. The maximum atomic E-state index is 12.0. The summed E-state index contributed by atoms with van der Waals surface area (Å²) in [6.07, 6.45) is 2.41. The van der Waals surface area contributed by atoms with Crippen molar-refractivity contribution in [3.63, 3.8) is 0 Å². The molecule has 2 rings (SSSR count). The van der Waals surface area contributed by atoms with E-state index in [0.29, 0.717) is 24.2 Å². The van der Waals surface area contributed by atoms with Crippen LogP contribution < -0.4 is 16.4 Å². The summed E-state index contributed by atoms with van der Waals surface area (Å²) in [6, 6.07) is 6.94. The zero-order valence-corrected chi connectivity index (χ0v) is 11.4. The largest absolute Gasteiger partial charge is 0.375 e. The van der Waals surface area contributed by atoms with Crippen LogP contribution in [-0.4, -0.2) is 31.1 Å². The molecule has 0 spiro atoms. The molecule has 1 aromatic carbocycles. The summed E-state index contributed by atoms with van der Waals surface area (Å²) in [7, 11) is 1.45. The summed E-state index contributed by atoms with van der Waals surface area (Å²) >= 11 is 0. The molecule has 0 heterocycles. The quantitative estimate of drug-likeness (QED) is 0.751. The highest BCUT2D eigenvalue weighted by atomic mass is 16.5. The number of anilines is 2. The van der Waals surface area contributed by atoms with Crippen LogP contribution in [0.4, 0.5) is 11.4 Å². The topological polar surface area (TPSA) is 93.5 Å². The van der Waals surface area contributed by atoms with Crippen LogP contribution in [0, 0.1) is 0 Å². The SMILES string of the molecule is COCC(=O)Nc1cccc(NC(=O)C2(N)CCC2)c1. The Morgan fingerprint density at radius 3 is 2.50 bits per heavy atom. The van der Waals surface area contributed by atoms with Crippen molar-refractivity contribution in [2.45, 2.75) is 24.8 Å². The van der Waals surface area contributed by atoms with Gasteiger partial charge in [0.25, 0.3) is 0 Å². The lowest BCUT2D eigenvalue weighted by molar-refractivity contribution is -0.124. The number of amides is 2. The van der Waals surface area contributed by atoms with Gasteiger partial charge >= 0.3 is 0 Å². The molecule has 0 atom stereocenters. The van der Waals surface area contributed by atoms with Gasteiger partial charge in [0.1, 0.15) is 6.61 Å². The Hall–Kier alpha value is -1.92. The van der Waals surface area contributed by atoms with Crippen LogP contribution in [0.15, 0.2) is 24.3 Å². The molecule has 20 heavy (non-hydrogen) atoms. The molecule has 1 aliphatic rings. The average Bonchev–Trinajstić information content (AvgIpc) is 2.36. The first kappa shape index (κ1) is 14.5. The minimum Gasteiger partial charge on any atom is -0.375 e. The van der Waals surface area contributed by atoms with Gasteiger partial charge in [-0.3, -0.25) is 9.59 Å². The normalized spacial score (nSPS) is 16.1. The van der Waals surface area contributed by atoms with Crippen molar-refractivity contribution in [1.82, 2.24) is 0 Å². The van der Waals surface area contributed by atoms with Crippen molar-refractivity contribution in [3.05, 3.63) is 24.3 Å². The first-order chi connectivity index (χ1) is 9.53. The maximum Gasteiger partial charge on any atom is 0.250 e. The number of ether oxygens (including phenoxy) is 1. The number of nitrogens with one attached hydrogen (secondary N) is 2. The summed E-state index contributed by atoms with van der Waals surface area (Å²) in [5.41, 5.74) is 6.43. The number of carbonyl (C=O) groups is 2. The summed E-state index contributed by atoms with van der Waals surface area (Å²) in [5, 5.41) is 5.46. The third-order valence-electron chi connectivity index (χ3n) is 3.38. The highest BCUT2D eigenvalue weighted by molar-refractivity contribution is 5.99. The van der Waals surface area contributed by atoms with Gasteiger partial charge in [0, 0.05) is 18.5 Å². The van der Waals surface area contributed by atoms with E-state index in [1.165, 1.54) is 7.11 Å². The second kappa shape index (κ2) is 6.02. The Morgan fingerprint density at radius 1 is 1.30 bits per heavy atom. The first-order valence-electron chi connectivity index (χ1n) is 6.53. The molecule has 4 N–H and O–H groups in total. The lowest BCUT2D eigenvalue weighted by atomic mass is 9.77. The number of hydrogen-bond acceptors (Lipinski definition) is 4. The monoisotopic (exact) mass is 277 g/mol. The molecular weight excluding hydrogens is 258 g/mol. The number of benzene rings is 1. The van der Waals surface area contributed by atoms with Gasteiger partial charge in [0.05, 0.1) is 5.54 Å². The lowest BCUT2D eigenvalue weighted by Gasteiger charge is -2.36. The fourth-order valence-corrected chi connectivity index (χ4v) is 2.04. The van der Waals surface area contributed by atoms with E-state index < -0.39 is 5.54 Å². The van der Waals surface area contributed by atoms with Crippen LogP contribution in [-0.2, 0) is 14.3 Å². The lowest BCUT2D eigenvalue weighted by Crippen LogP contribution is -2.56. The summed E-state index contributed by atoms with van der Waals surface area (Å²) in [5.74, 6) is -0.422. The van der Waals surface area contributed by atoms with E-state index in [1.807, 2.05) is 0 Å². The number of nitrogens with two attached hydrogens (primary N) is 1. The summed E-state index contributed by atoms with van der Waals surface area (Å²) < 4.78 is 4.74. The Bertz CT molecular complexity index is 512. The predicted molar refractivity (Wildman–Crippen MR) is 76.3 cm³/mol. The fraction of sp³-hybridized carbons (Fsp3) is 0.429. The highest BCUT2D eigenvalue weighted by Gasteiger charge is 2.40. The second-order valence-electron chi connectivity index (χ2n) is 5.03. The van der Waals surface area contributed by atoms with Crippen LogP contribution >= 0.6 is 0 Å². The molecule has 0 aliphatic heterocycles. The van der Waals surface area contributed by atoms with Gasteiger partial charge in [0.15, 0.2) is 0 Å². The van der Waals surface area contributed by atoms with Crippen molar-refractivity contribution in [3.8, 4) is 0 Å². The van der Waals surface area contributed by atoms with E-state index in [2.05, 4.69) is 10.6 Å². The second-order valence-corrected chi connectivity index (χ2v) is 5.03. The van der Waals surface area contributed by atoms with Gasteiger partial charge in [-0.2, -0.15) is 0 Å². The van der Waals surface area contributed by atoms with Gasteiger partial charge in [-0.15, -0.1) is 0 Å². The van der Waals surface area contributed by atoms with Gasteiger partial charge in [0.2, 0.25) is 11.8 Å². The first-order valence-corrected chi connectivity index (χ1v) is 6.53. The number of hydrogen-bond donors (Lipinski definition) is 3. The molecule has 1 aromatic rings. The molecule has 0 bridgehead atoms. The van der Waals surface area contributed by atoms with E-state index in [-0.39, 0.29) is 18.4 Å². The van der Waals surface area contributed by atoms with Crippen molar-refractivity contribution >= 4 is 23.2 Å². The van der Waals surface area contributed by atoms with E-state index in [9.17, 15) is 9.59 Å². The standard InChI is InChI=1S/C14H19N3O3/c1-20-9-12(18)16-10-4-2-5-11(8-10)17-13(19)14(15)6-3-7-14/h2,4-5,8H,3,6-7,9,15H2,1H3,(H,16,18)(H,17,19). The number of methoxy groups -OCH3 is 1. The van der Waals surface area contributed by atoms with Gasteiger partial charge < -0.3 is 21.1 Å². The highest BCUT2D eigenvalue weighted by Crippen LogP contribution is 2.30. The molecule has 0 unspecified atom stereocenters. The maximum absolute atomic E-state index is 12.0. The van der Waals surface area contributed by atoms with Gasteiger partial charge in [-0.25, -0.2) is 0 Å². The third kappa shape index (κ3) is 3.34. The Morgan fingerprint density at radius 2 is 1.95 bits per heavy atom. The molecule has 0 aromatic heterocycles. The zero-order valence-electron chi connectivity index (χ0n) is 11.4. The van der Waals surface area contributed by atoms with E-state index in [1.54, 1.807) is 24.3 Å². The van der Waals surface area contributed by atoms with Crippen molar-refractivity contribution in [2.24, 2.45) is 5.73 Å². The van der Waals surface area contributed by atoms with Gasteiger partial charge in [-0.1, -0.05) is 6.07 Å². The molecule has 1 fully saturated rings. The minimum absolute atomic E-state index is 0.0114. The molecule has 0 saturated heterocycles. The van der Waals surface area contributed by atoms with Crippen LogP contribution in [0.5, 0.6) is 0 Å². The molecule has 108 valence electrons. The molecule has 6 nitrogen and oxygen atoms in total. The number of rotatable bonds is 5. The van der Waals surface area contributed by atoms with Crippen LogP contribution in [0.1, 0.15) is 19.3 Å². The zero-order chi connectivity index (χ0) is 14.6. The van der Waals surface area contributed by atoms with Crippen LogP contribution in [0.3, 0.4) is 0 Å². The molecule has 6 heteroatoms. The van der Waals surface area contributed by atoms with Crippen LogP contribution in [0.2, 0.25) is 0 Å². The molecule has 1 aliphatic carbocycles. The summed E-state index contributed by atoms with van der Waals surface area (Å²) in [6.45, 7) is -0.0114. The predicted octanol–water partition coefficient (Wildman–Crippen LogP) is 1.09. The Kier molecular flexibility index (Phi) is 4.36. The number of carbonyl (C=O) groups excluding carboxylic acids is 2. The van der Waals surface area contributed by atoms with Crippen molar-refractivity contribution < 1.29 is 14.3 Å². The van der Waals surface area contributed by atoms with Crippen LogP contribution in [0.25, 0.3) is 0 Å². The molecule has 1 saturated carbocycles. The summed E-state index contributed by atoms with van der Waals surface area (Å²) in [4.78, 5) is 23.4. The van der Waals surface area contributed by atoms with E-state index in [4.69, 9.17) is 10.5 Å². The Labute approximate surface area is 117 Å². The molecular formula is C14H19N3O3. The van der Waals surface area contributed by atoms with E-state index >= 15 is 0 Å². The van der Waals surface area contributed by atoms with Crippen molar-refractivity contribution in [2.75, 3.05) is 24.4 Å². The van der Waals surface area contributed by atoms with Crippen molar-refractivity contribution in [1.29, 1.82) is 0 Å². The Balaban J connectivity index is 1.99. The molecule has 2 amide bonds. The van der Waals surface area contributed by atoms with Gasteiger partial charge in [-0.05, 0) is 37.5 Å².